The highest BCUT2D eigenvalue weighted by molar-refractivity contribution is 6.05. The van der Waals surface area contributed by atoms with E-state index in [4.69, 9.17) is 9.15 Å². The van der Waals surface area contributed by atoms with Gasteiger partial charge in [-0.05, 0) is 43.7 Å². The maximum Gasteiger partial charge on any atom is 0.276 e. The van der Waals surface area contributed by atoms with E-state index in [1.807, 2.05) is 0 Å². The van der Waals surface area contributed by atoms with Gasteiger partial charge in [-0.2, -0.15) is 0 Å². The fourth-order valence-corrected chi connectivity index (χ4v) is 4.23. The number of aliphatic hydroxyl groups excluding tert-OH is 1. The number of nitrogens with one attached hydrogen (secondary N) is 1. The number of carbonyl (C=O) groups is 1. The van der Waals surface area contributed by atoms with Crippen LogP contribution in [0.1, 0.15) is 60.5 Å². The molecule has 0 unspecified atom stereocenters. The van der Waals surface area contributed by atoms with Crippen molar-refractivity contribution < 1.29 is 27.8 Å². The molecule has 9 heteroatoms. The molecule has 3 aromatic rings. The lowest BCUT2D eigenvalue weighted by Crippen LogP contribution is -2.17. The number of methoxy groups -OCH3 is 1. The van der Waals surface area contributed by atoms with Crippen LogP contribution >= 0.6 is 0 Å². The number of anilines is 1. The summed E-state index contributed by atoms with van der Waals surface area (Å²) in [4.78, 5) is 21.0. The van der Waals surface area contributed by atoms with E-state index in [0.29, 0.717) is 5.89 Å². The van der Waals surface area contributed by atoms with Gasteiger partial charge in [-0.3, -0.25) is 9.78 Å². The van der Waals surface area contributed by atoms with Crippen LogP contribution in [-0.2, 0) is 5.92 Å². The van der Waals surface area contributed by atoms with Gasteiger partial charge in [-0.25, -0.2) is 13.8 Å². The van der Waals surface area contributed by atoms with Crippen LogP contribution in [0.25, 0.3) is 11.1 Å². The number of alkyl halides is 2. The minimum absolute atomic E-state index is 0.0129. The maximum atomic E-state index is 14.7. The van der Waals surface area contributed by atoms with E-state index in [-0.39, 0.29) is 46.7 Å². The number of hydrogen-bond donors (Lipinski definition) is 2. The monoisotopic (exact) mass is 445 g/mol. The number of ether oxygens (including phenoxy) is 1. The van der Waals surface area contributed by atoms with Crippen LogP contribution in [0.4, 0.5) is 14.5 Å². The first-order valence-corrected chi connectivity index (χ1v) is 10.5. The summed E-state index contributed by atoms with van der Waals surface area (Å²) in [6, 6.07) is 6.30. The van der Waals surface area contributed by atoms with E-state index in [0.717, 1.165) is 32.6 Å². The minimum atomic E-state index is -3.29. The third-order valence-corrected chi connectivity index (χ3v) is 5.90. The van der Waals surface area contributed by atoms with E-state index in [9.17, 15) is 18.7 Å². The Bertz CT molecular complexity index is 1100. The second-order valence-electron chi connectivity index (χ2n) is 8.19. The quantitative estimate of drug-likeness (QED) is 0.562. The Morgan fingerprint density at radius 1 is 1.31 bits per heavy atom. The summed E-state index contributed by atoms with van der Waals surface area (Å²) in [7, 11) is 1.27. The molecule has 0 saturated heterocycles. The van der Waals surface area contributed by atoms with E-state index >= 15 is 0 Å². The number of oxazole rings is 1. The molecular weight excluding hydrogens is 420 g/mol. The van der Waals surface area contributed by atoms with Gasteiger partial charge in [0.15, 0.2) is 17.2 Å². The molecule has 0 spiro atoms. The smallest absolute Gasteiger partial charge is 0.276 e. The van der Waals surface area contributed by atoms with Gasteiger partial charge < -0.3 is 19.6 Å². The largest absolute Gasteiger partial charge is 0.494 e. The molecule has 1 aliphatic rings. The molecule has 0 bridgehead atoms. The standard InChI is InChI=1S/C23H25F2N3O4/c1-23(24,25)18-19-17(32-22(28-19)14-8-6-13(12-29)7-9-14)11-16(20(18)31-2)27-21(30)15-5-3-4-10-26-15/h3-5,10-11,13-14,29H,6-9,12H2,1-2H3,(H,27,30). The van der Waals surface area contributed by atoms with E-state index < -0.39 is 17.4 Å². The lowest BCUT2D eigenvalue weighted by molar-refractivity contribution is 0.0166. The molecule has 1 amide bonds. The highest BCUT2D eigenvalue weighted by atomic mass is 19.3. The number of aliphatic hydroxyl groups is 1. The minimum Gasteiger partial charge on any atom is -0.494 e. The molecule has 1 saturated carbocycles. The summed E-state index contributed by atoms with van der Waals surface area (Å²) in [5, 5.41) is 12.0. The van der Waals surface area contributed by atoms with Crippen LogP contribution in [0.2, 0.25) is 0 Å². The molecule has 32 heavy (non-hydrogen) atoms. The maximum absolute atomic E-state index is 14.7. The van der Waals surface area contributed by atoms with Crippen molar-refractivity contribution in [3.05, 3.63) is 47.6 Å². The Hall–Kier alpha value is -3.07. The highest BCUT2D eigenvalue weighted by Crippen LogP contribution is 2.46. The van der Waals surface area contributed by atoms with Gasteiger partial charge in [0, 0.05) is 31.7 Å². The predicted molar refractivity (Wildman–Crippen MR) is 114 cm³/mol. The SMILES string of the molecule is COc1c(NC(=O)c2ccccn2)cc2oc(C3CCC(CO)CC3)nc2c1C(C)(F)F. The summed E-state index contributed by atoms with van der Waals surface area (Å²) >= 11 is 0. The lowest BCUT2D eigenvalue weighted by Gasteiger charge is -2.24. The summed E-state index contributed by atoms with van der Waals surface area (Å²) < 4.78 is 40.6. The van der Waals surface area contributed by atoms with Gasteiger partial charge >= 0.3 is 0 Å². The molecule has 1 fully saturated rings. The van der Waals surface area contributed by atoms with Crippen molar-refractivity contribution in [3.8, 4) is 5.75 Å². The first-order chi connectivity index (χ1) is 15.3. The van der Waals surface area contributed by atoms with Gasteiger partial charge in [0.1, 0.15) is 11.2 Å². The van der Waals surface area contributed by atoms with Crippen molar-refractivity contribution in [2.75, 3.05) is 19.0 Å². The van der Waals surface area contributed by atoms with Crippen LogP contribution in [0.15, 0.2) is 34.9 Å². The number of aromatic nitrogens is 2. The van der Waals surface area contributed by atoms with Crippen molar-refractivity contribution in [1.29, 1.82) is 0 Å². The van der Waals surface area contributed by atoms with E-state index in [1.54, 1.807) is 12.1 Å². The third kappa shape index (κ3) is 4.29. The van der Waals surface area contributed by atoms with Crippen LogP contribution in [0, 0.1) is 5.92 Å². The predicted octanol–water partition coefficient (Wildman–Crippen LogP) is 4.86. The zero-order valence-electron chi connectivity index (χ0n) is 17.9. The number of pyridine rings is 1. The van der Waals surface area contributed by atoms with Crippen LogP contribution in [0.3, 0.4) is 0 Å². The number of carbonyl (C=O) groups excluding carboxylic acids is 1. The molecule has 2 heterocycles. The molecule has 0 radical (unpaired) electrons. The fraction of sp³-hybridized carbons (Fsp3) is 0.435. The third-order valence-electron chi connectivity index (χ3n) is 5.90. The van der Waals surface area contributed by atoms with Crippen molar-refractivity contribution in [2.24, 2.45) is 5.92 Å². The fourth-order valence-electron chi connectivity index (χ4n) is 4.23. The number of hydrogen-bond acceptors (Lipinski definition) is 6. The highest BCUT2D eigenvalue weighted by Gasteiger charge is 2.36. The molecule has 0 atom stereocenters. The zero-order valence-corrected chi connectivity index (χ0v) is 17.9. The van der Waals surface area contributed by atoms with Gasteiger partial charge in [0.25, 0.3) is 11.8 Å². The van der Waals surface area contributed by atoms with Gasteiger partial charge in [0.2, 0.25) is 0 Å². The summed E-state index contributed by atoms with van der Waals surface area (Å²) in [6.07, 6.45) is 4.64. The number of nitrogens with zero attached hydrogens (tertiary/aromatic N) is 2. The van der Waals surface area contributed by atoms with Gasteiger partial charge in [-0.15, -0.1) is 0 Å². The Morgan fingerprint density at radius 3 is 2.66 bits per heavy atom. The number of amides is 1. The second-order valence-corrected chi connectivity index (χ2v) is 8.19. The Morgan fingerprint density at radius 2 is 2.06 bits per heavy atom. The first kappa shape index (κ1) is 22.1. The molecule has 4 rings (SSSR count). The number of rotatable bonds is 6. The van der Waals surface area contributed by atoms with E-state index in [1.165, 1.54) is 25.4 Å². The van der Waals surface area contributed by atoms with E-state index in [2.05, 4.69) is 15.3 Å². The lowest BCUT2D eigenvalue weighted by atomic mass is 9.82. The first-order valence-electron chi connectivity index (χ1n) is 10.5. The van der Waals surface area contributed by atoms with Crippen molar-refractivity contribution >= 4 is 22.7 Å². The van der Waals surface area contributed by atoms with Crippen LogP contribution in [0.5, 0.6) is 5.75 Å². The molecule has 2 aromatic heterocycles. The van der Waals surface area contributed by atoms with Crippen molar-refractivity contribution in [2.45, 2.75) is 44.4 Å². The molecule has 2 N–H and O–H groups in total. The van der Waals surface area contributed by atoms with Crippen LogP contribution in [-0.4, -0.2) is 34.7 Å². The van der Waals surface area contributed by atoms with Crippen molar-refractivity contribution in [1.82, 2.24) is 9.97 Å². The normalized spacial score (nSPS) is 19.2. The average Bonchev–Trinajstić information content (AvgIpc) is 3.21. The number of halogens is 2. The topological polar surface area (TPSA) is 97.5 Å². The van der Waals surface area contributed by atoms with Gasteiger partial charge in [-0.1, -0.05) is 6.07 Å². The molecule has 1 aromatic carbocycles. The number of benzene rings is 1. The average molecular weight is 445 g/mol. The molecule has 1 aliphatic carbocycles. The summed E-state index contributed by atoms with van der Waals surface area (Å²) in [5.41, 5.74) is -0.0764. The molecule has 170 valence electrons. The zero-order chi connectivity index (χ0) is 22.9. The summed E-state index contributed by atoms with van der Waals surface area (Å²) in [6.45, 7) is 0.901. The Balaban J connectivity index is 1.77. The second kappa shape index (κ2) is 8.82. The molecular formula is C23H25F2N3O4. The Kier molecular flexibility index (Phi) is 6.10. The van der Waals surface area contributed by atoms with Crippen LogP contribution < -0.4 is 10.1 Å². The van der Waals surface area contributed by atoms with Crippen molar-refractivity contribution in [3.63, 3.8) is 0 Å². The Labute approximate surface area is 183 Å². The molecule has 0 aliphatic heterocycles. The number of fused-ring (bicyclic) bond motifs is 1. The van der Waals surface area contributed by atoms with Gasteiger partial charge in [0.05, 0.1) is 18.4 Å². The summed E-state index contributed by atoms with van der Waals surface area (Å²) in [5.74, 6) is -3.40. The molecule has 7 nitrogen and oxygen atoms in total.